The van der Waals surface area contributed by atoms with Gasteiger partial charge in [-0.05, 0) is 12.0 Å². The minimum Gasteiger partial charge on any atom is -0.379 e. The van der Waals surface area contributed by atoms with Crippen molar-refractivity contribution in [2.45, 2.75) is 13.0 Å². The fourth-order valence-electron chi connectivity index (χ4n) is 3.16. The second kappa shape index (κ2) is 5.65. The SMILES string of the molecule is C[C@H]1CN(c2ccncc2Cl)C[C@H]1N1CCOCC1. The minimum atomic E-state index is 0.605. The fourth-order valence-corrected chi connectivity index (χ4v) is 3.39. The molecule has 2 aliphatic heterocycles. The topological polar surface area (TPSA) is 28.6 Å². The van der Waals surface area contributed by atoms with Crippen LogP contribution in [0.4, 0.5) is 5.69 Å². The zero-order valence-electron chi connectivity index (χ0n) is 11.3. The molecule has 5 heteroatoms. The summed E-state index contributed by atoms with van der Waals surface area (Å²) in [6, 6.07) is 2.62. The van der Waals surface area contributed by atoms with Crippen LogP contribution in [0.25, 0.3) is 0 Å². The van der Waals surface area contributed by atoms with Crippen LogP contribution in [0.2, 0.25) is 5.02 Å². The van der Waals surface area contributed by atoms with Crippen LogP contribution < -0.4 is 4.90 Å². The van der Waals surface area contributed by atoms with Gasteiger partial charge in [-0.3, -0.25) is 9.88 Å². The van der Waals surface area contributed by atoms with Gasteiger partial charge >= 0.3 is 0 Å². The molecule has 104 valence electrons. The number of hydrogen-bond acceptors (Lipinski definition) is 4. The van der Waals surface area contributed by atoms with Crippen LogP contribution in [-0.2, 0) is 4.74 Å². The van der Waals surface area contributed by atoms with E-state index in [4.69, 9.17) is 16.3 Å². The molecule has 2 atom stereocenters. The van der Waals surface area contributed by atoms with Crippen molar-refractivity contribution >= 4 is 17.3 Å². The van der Waals surface area contributed by atoms with E-state index < -0.39 is 0 Å². The van der Waals surface area contributed by atoms with Crippen LogP contribution in [0.5, 0.6) is 0 Å². The number of aromatic nitrogens is 1. The first kappa shape index (κ1) is 13.2. The summed E-state index contributed by atoms with van der Waals surface area (Å²) in [5.41, 5.74) is 1.11. The highest BCUT2D eigenvalue weighted by atomic mass is 35.5. The van der Waals surface area contributed by atoms with E-state index in [1.165, 1.54) is 0 Å². The smallest absolute Gasteiger partial charge is 0.0822 e. The molecule has 0 N–H and O–H groups in total. The summed E-state index contributed by atoms with van der Waals surface area (Å²) >= 11 is 6.25. The number of pyridine rings is 1. The Balaban J connectivity index is 1.72. The molecule has 0 aliphatic carbocycles. The number of hydrogen-bond donors (Lipinski definition) is 0. The summed E-state index contributed by atoms with van der Waals surface area (Å²) in [5, 5.41) is 0.748. The van der Waals surface area contributed by atoms with Gasteiger partial charge in [0.05, 0.1) is 23.9 Å². The molecule has 1 aromatic heterocycles. The van der Waals surface area contributed by atoms with Gasteiger partial charge in [0.2, 0.25) is 0 Å². The third-order valence-electron chi connectivity index (χ3n) is 4.18. The average Bonchev–Trinajstić information content (AvgIpc) is 2.82. The van der Waals surface area contributed by atoms with Gasteiger partial charge in [-0.2, -0.15) is 0 Å². The second-order valence-electron chi connectivity index (χ2n) is 5.43. The number of morpholine rings is 1. The Kier molecular flexibility index (Phi) is 3.91. The summed E-state index contributed by atoms with van der Waals surface area (Å²) in [5.74, 6) is 0.655. The average molecular weight is 282 g/mol. The van der Waals surface area contributed by atoms with Gasteiger partial charge < -0.3 is 9.64 Å². The molecule has 3 heterocycles. The minimum absolute atomic E-state index is 0.605. The molecule has 3 rings (SSSR count). The highest BCUT2D eigenvalue weighted by molar-refractivity contribution is 6.33. The van der Waals surface area contributed by atoms with E-state index in [2.05, 4.69) is 21.7 Å². The number of nitrogens with zero attached hydrogens (tertiary/aromatic N) is 3. The Labute approximate surface area is 119 Å². The summed E-state index contributed by atoms with van der Waals surface area (Å²) in [6.45, 7) is 8.25. The number of halogens is 1. The van der Waals surface area contributed by atoms with E-state index in [0.29, 0.717) is 12.0 Å². The summed E-state index contributed by atoms with van der Waals surface area (Å²) in [4.78, 5) is 9.00. The predicted octanol–water partition coefficient (Wildman–Crippen LogP) is 1.89. The normalized spacial score (nSPS) is 28.8. The van der Waals surface area contributed by atoms with Crippen LogP contribution in [-0.4, -0.2) is 55.3 Å². The lowest BCUT2D eigenvalue weighted by molar-refractivity contribution is 0.0134. The van der Waals surface area contributed by atoms with E-state index >= 15 is 0 Å². The summed E-state index contributed by atoms with van der Waals surface area (Å²) in [6.07, 6.45) is 3.54. The van der Waals surface area contributed by atoms with E-state index in [9.17, 15) is 0 Å². The molecular formula is C14H20ClN3O. The summed E-state index contributed by atoms with van der Waals surface area (Å²) < 4.78 is 5.44. The van der Waals surface area contributed by atoms with Gasteiger partial charge in [-0.25, -0.2) is 0 Å². The molecule has 4 nitrogen and oxygen atoms in total. The quantitative estimate of drug-likeness (QED) is 0.828. The van der Waals surface area contributed by atoms with Crippen molar-refractivity contribution in [2.24, 2.45) is 5.92 Å². The molecule has 0 amide bonds. The lowest BCUT2D eigenvalue weighted by atomic mass is 10.0. The van der Waals surface area contributed by atoms with Gasteiger partial charge in [0, 0.05) is 44.6 Å². The molecule has 0 aromatic carbocycles. The van der Waals surface area contributed by atoms with Gasteiger partial charge in [0.15, 0.2) is 0 Å². The zero-order valence-corrected chi connectivity index (χ0v) is 12.0. The Bertz CT molecular complexity index is 436. The molecule has 0 radical (unpaired) electrons. The third-order valence-corrected chi connectivity index (χ3v) is 4.47. The van der Waals surface area contributed by atoms with Crippen molar-refractivity contribution in [3.05, 3.63) is 23.5 Å². The van der Waals surface area contributed by atoms with Crippen molar-refractivity contribution in [1.29, 1.82) is 0 Å². The lowest BCUT2D eigenvalue weighted by Gasteiger charge is -2.34. The Hall–Kier alpha value is -0.840. The monoisotopic (exact) mass is 281 g/mol. The first-order valence-corrected chi connectivity index (χ1v) is 7.30. The molecule has 2 saturated heterocycles. The van der Waals surface area contributed by atoms with Gasteiger partial charge in [-0.15, -0.1) is 0 Å². The highest BCUT2D eigenvalue weighted by Crippen LogP contribution is 2.31. The van der Waals surface area contributed by atoms with Crippen molar-refractivity contribution < 1.29 is 4.74 Å². The molecule has 0 unspecified atom stereocenters. The van der Waals surface area contributed by atoms with Crippen molar-refractivity contribution in [3.63, 3.8) is 0 Å². The van der Waals surface area contributed by atoms with Gasteiger partial charge in [0.1, 0.15) is 0 Å². The summed E-state index contributed by atoms with van der Waals surface area (Å²) in [7, 11) is 0. The molecular weight excluding hydrogens is 262 g/mol. The Morgan fingerprint density at radius 1 is 1.32 bits per heavy atom. The number of rotatable bonds is 2. The van der Waals surface area contributed by atoms with Crippen LogP contribution in [0.15, 0.2) is 18.5 Å². The molecule has 2 aliphatic rings. The number of anilines is 1. The van der Waals surface area contributed by atoms with E-state index in [-0.39, 0.29) is 0 Å². The maximum Gasteiger partial charge on any atom is 0.0822 e. The molecule has 2 fully saturated rings. The number of ether oxygens (including phenoxy) is 1. The Morgan fingerprint density at radius 3 is 2.84 bits per heavy atom. The van der Waals surface area contributed by atoms with Gasteiger partial charge in [-0.1, -0.05) is 18.5 Å². The molecule has 1 aromatic rings. The zero-order chi connectivity index (χ0) is 13.2. The van der Waals surface area contributed by atoms with Crippen LogP contribution in [0, 0.1) is 5.92 Å². The molecule has 0 spiro atoms. The predicted molar refractivity (Wildman–Crippen MR) is 76.8 cm³/mol. The first-order chi connectivity index (χ1) is 9.25. The largest absolute Gasteiger partial charge is 0.379 e. The van der Waals surface area contributed by atoms with Gasteiger partial charge in [0.25, 0.3) is 0 Å². The van der Waals surface area contributed by atoms with Crippen LogP contribution in [0.3, 0.4) is 0 Å². The van der Waals surface area contributed by atoms with E-state index in [1.54, 1.807) is 6.20 Å². The lowest BCUT2D eigenvalue weighted by Crippen LogP contribution is -2.46. The fraction of sp³-hybridized carbons (Fsp3) is 0.643. The van der Waals surface area contributed by atoms with Crippen molar-refractivity contribution in [2.75, 3.05) is 44.3 Å². The standard InChI is InChI=1S/C14H20ClN3O/c1-11-9-18(13-2-3-16-8-12(13)15)10-14(11)17-4-6-19-7-5-17/h2-3,8,11,14H,4-7,9-10H2,1H3/t11-,14+/m0/s1. The Morgan fingerprint density at radius 2 is 2.11 bits per heavy atom. The maximum atomic E-state index is 6.25. The van der Waals surface area contributed by atoms with E-state index in [1.807, 2.05) is 12.3 Å². The maximum absolute atomic E-state index is 6.25. The third kappa shape index (κ3) is 2.71. The van der Waals surface area contributed by atoms with Crippen molar-refractivity contribution in [3.8, 4) is 0 Å². The molecule has 0 bridgehead atoms. The molecule has 19 heavy (non-hydrogen) atoms. The first-order valence-electron chi connectivity index (χ1n) is 6.92. The second-order valence-corrected chi connectivity index (χ2v) is 5.83. The van der Waals surface area contributed by atoms with E-state index in [0.717, 1.165) is 50.1 Å². The van der Waals surface area contributed by atoms with Crippen LogP contribution >= 0.6 is 11.6 Å². The van der Waals surface area contributed by atoms with Crippen LogP contribution in [0.1, 0.15) is 6.92 Å². The highest BCUT2D eigenvalue weighted by Gasteiger charge is 2.35. The van der Waals surface area contributed by atoms with Crippen molar-refractivity contribution in [1.82, 2.24) is 9.88 Å². The molecule has 0 saturated carbocycles.